The standard InChI is InChI=1S/C18H27N5O2/c1-14-12-17(20-13-19-14)23(15-2-3-15)16-4-6-21(7-5-16)18(24)22-8-10-25-11-9-22/h12-13,15-16H,2-11H2,1H3. The highest BCUT2D eigenvalue weighted by atomic mass is 16.5. The molecule has 2 amide bonds. The number of hydrogen-bond donors (Lipinski definition) is 0. The van der Waals surface area contributed by atoms with Crippen molar-refractivity contribution in [2.24, 2.45) is 0 Å². The van der Waals surface area contributed by atoms with Gasteiger partial charge in [-0.15, -0.1) is 0 Å². The summed E-state index contributed by atoms with van der Waals surface area (Å²) in [5.74, 6) is 1.05. The minimum atomic E-state index is 0.178. The predicted molar refractivity (Wildman–Crippen MR) is 94.7 cm³/mol. The van der Waals surface area contributed by atoms with Gasteiger partial charge >= 0.3 is 6.03 Å². The molecule has 3 heterocycles. The van der Waals surface area contributed by atoms with Crippen LogP contribution in [0, 0.1) is 6.92 Å². The molecule has 0 atom stereocenters. The van der Waals surface area contributed by atoms with Crippen LogP contribution in [0.15, 0.2) is 12.4 Å². The molecule has 1 saturated carbocycles. The van der Waals surface area contributed by atoms with Crippen molar-refractivity contribution in [3.63, 3.8) is 0 Å². The molecule has 7 heteroatoms. The predicted octanol–water partition coefficient (Wildman–Crippen LogP) is 1.67. The quantitative estimate of drug-likeness (QED) is 0.834. The van der Waals surface area contributed by atoms with E-state index >= 15 is 0 Å². The van der Waals surface area contributed by atoms with Crippen LogP contribution < -0.4 is 4.90 Å². The summed E-state index contributed by atoms with van der Waals surface area (Å²) in [5.41, 5.74) is 1.01. The Morgan fingerprint density at radius 2 is 1.68 bits per heavy atom. The minimum absolute atomic E-state index is 0.178. The van der Waals surface area contributed by atoms with Gasteiger partial charge in [-0.2, -0.15) is 0 Å². The van der Waals surface area contributed by atoms with E-state index in [1.54, 1.807) is 6.33 Å². The van der Waals surface area contributed by atoms with Crippen LogP contribution >= 0.6 is 0 Å². The smallest absolute Gasteiger partial charge is 0.320 e. The largest absolute Gasteiger partial charge is 0.378 e. The Morgan fingerprint density at radius 3 is 2.32 bits per heavy atom. The Hall–Kier alpha value is -1.89. The number of carbonyl (C=O) groups excluding carboxylic acids is 1. The number of aryl methyl sites for hydroxylation is 1. The maximum absolute atomic E-state index is 12.7. The van der Waals surface area contributed by atoms with E-state index in [1.165, 1.54) is 12.8 Å². The fraction of sp³-hybridized carbons (Fsp3) is 0.722. The molecule has 4 rings (SSSR count). The first kappa shape index (κ1) is 16.6. The lowest BCUT2D eigenvalue weighted by Crippen LogP contribution is -2.53. The number of rotatable bonds is 3. The van der Waals surface area contributed by atoms with Gasteiger partial charge in [0.15, 0.2) is 0 Å². The number of amides is 2. The lowest BCUT2D eigenvalue weighted by atomic mass is 10.0. The van der Waals surface area contributed by atoms with E-state index in [-0.39, 0.29) is 6.03 Å². The van der Waals surface area contributed by atoms with Gasteiger partial charge < -0.3 is 19.4 Å². The van der Waals surface area contributed by atoms with Crippen molar-refractivity contribution >= 4 is 11.8 Å². The summed E-state index contributed by atoms with van der Waals surface area (Å²) in [6.45, 7) is 6.41. The highest BCUT2D eigenvalue weighted by molar-refractivity contribution is 5.74. The summed E-state index contributed by atoms with van der Waals surface area (Å²) in [6, 6.07) is 3.35. The zero-order valence-electron chi connectivity index (χ0n) is 14.9. The topological polar surface area (TPSA) is 61.8 Å². The van der Waals surface area contributed by atoms with Crippen molar-refractivity contribution in [2.45, 2.75) is 44.7 Å². The average molecular weight is 345 g/mol. The van der Waals surface area contributed by atoms with Crippen LogP contribution in [0.4, 0.5) is 10.6 Å². The molecule has 1 aromatic heterocycles. The molecule has 0 radical (unpaired) electrons. The third-order valence-electron chi connectivity index (χ3n) is 5.40. The second-order valence-electron chi connectivity index (χ2n) is 7.26. The van der Waals surface area contributed by atoms with Crippen molar-refractivity contribution in [3.8, 4) is 0 Å². The molecule has 0 bridgehead atoms. The van der Waals surface area contributed by atoms with Crippen molar-refractivity contribution in [1.29, 1.82) is 0 Å². The summed E-state index contributed by atoms with van der Waals surface area (Å²) < 4.78 is 5.35. The molecule has 2 saturated heterocycles. The molecule has 1 aliphatic carbocycles. The third kappa shape index (κ3) is 3.71. The molecule has 25 heavy (non-hydrogen) atoms. The van der Waals surface area contributed by atoms with E-state index < -0.39 is 0 Å². The molecule has 1 aromatic rings. The van der Waals surface area contributed by atoms with Crippen LogP contribution in [0.5, 0.6) is 0 Å². The van der Waals surface area contributed by atoms with E-state index in [9.17, 15) is 4.79 Å². The zero-order valence-corrected chi connectivity index (χ0v) is 14.9. The highest BCUT2D eigenvalue weighted by Crippen LogP contribution is 2.35. The van der Waals surface area contributed by atoms with E-state index in [0.717, 1.165) is 37.4 Å². The fourth-order valence-electron chi connectivity index (χ4n) is 3.90. The van der Waals surface area contributed by atoms with Crippen LogP contribution in [0.25, 0.3) is 0 Å². The van der Waals surface area contributed by atoms with E-state index in [4.69, 9.17) is 4.74 Å². The Bertz CT molecular complexity index is 607. The highest BCUT2D eigenvalue weighted by Gasteiger charge is 2.37. The van der Waals surface area contributed by atoms with E-state index in [1.807, 2.05) is 16.7 Å². The number of morpholine rings is 1. The zero-order chi connectivity index (χ0) is 17.2. The van der Waals surface area contributed by atoms with Crippen LogP contribution in [-0.4, -0.2) is 77.3 Å². The number of ether oxygens (including phenoxy) is 1. The normalized spacial score (nSPS) is 22.1. The number of carbonyl (C=O) groups is 1. The fourth-order valence-corrected chi connectivity index (χ4v) is 3.90. The summed E-state index contributed by atoms with van der Waals surface area (Å²) in [5, 5.41) is 0. The third-order valence-corrected chi connectivity index (χ3v) is 5.40. The molecule has 0 N–H and O–H groups in total. The second-order valence-corrected chi connectivity index (χ2v) is 7.26. The SMILES string of the molecule is Cc1cc(N(C2CC2)C2CCN(C(=O)N3CCOCC3)CC2)ncn1. The van der Waals surface area contributed by atoms with Gasteiger partial charge in [-0.1, -0.05) is 0 Å². The maximum atomic E-state index is 12.7. The van der Waals surface area contributed by atoms with E-state index in [0.29, 0.717) is 38.4 Å². The first-order chi connectivity index (χ1) is 12.2. The van der Waals surface area contributed by atoms with Crippen molar-refractivity contribution in [3.05, 3.63) is 18.1 Å². The number of urea groups is 1. The van der Waals surface area contributed by atoms with Gasteiger partial charge in [-0.25, -0.2) is 14.8 Å². The lowest BCUT2D eigenvalue weighted by molar-refractivity contribution is 0.0411. The van der Waals surface area contributed by atoms with Crippen LogP contribution in [0.3, 0.4) is 0 Å². The summed E-state index contributed by atoms with van der Waals surface area (Å²) in [6.07, 6.45) is 6.17. The number of nitrogens with zero attached hydrogens (tertiary/aromatic N) is 5. The summed E-state index contributed by atoms with van der Waals surface area (Å²) in [4.78, 5) is 27.8. The Morgan fingerprint density at radius 1 is 1.04 bits per heavy atom. The van der Waals surface area contributed by atoms with Crippen molar-refractivity contribution < 1.29 is 9.53 Å². The van der Waals surface area contributed by atoms with E-state index in [2.05, 4.69) is 20.9 Å². The van der Waals surface area contributed by atoms with Gasteiger partial charge in [-0.05, 0) is 32.6 Å². The second kappa shape index (κ2) is 7.15. The van der Waals surface area contributed by atoms with Gasteiger partial charge in [0.1, 0.15) is 12.1 Å². The number of aromatic nitrogens is 2. The molecule has 0 aromatic carbocycles. The first-order valence-corrected chi connectivity index (χ1v) is 9.41. The van der Waals surface area contributed by atoms with Gasteiger partial charge in [0.25, 0.3) is 0 Å². The van der Waals surface area contributed by atoms with Gasteiger partial charge in [0.2, 0.25) is 0 Å². The molecule has 3 fully saturated rings. The monoisotopic (exact) mass is 345 g/mol. The molecular weight excluding hydrogens is 318 g/mol. The Labute approximate surface area is 149 Å². The molecule has 0 unspecified atom stereocenters. The molecule has 0 spiro atoms. The van der Waals surface area contributed by atoms with Crippen LogP contribution in [0.2, 0.25) is 0 Å². The average Bonchev–Trinajstić information content (AvgIpc) is 3.48. The van der Waals surface area contributed by atoms with Gasteiger partial charge in [-0.3, -0.25) is 0 Å². The minimum Gasteiger partial charge on any atom is -0.378 e. The molecule has 3 aliphatic rings. The summed E-state index contributed by atoms with van der Waals surface area (Å²) >= 11 is 0. The van der Waals surface area contributed by atoms with Gasteiger partial charge in [0, 0.05) is 50.0 Å². The number of hydrogen-bond acceptors (Lipinski definition) is 5. The lowest BCUT2D eigenvalue weighted by Gasteiger charge is -2.41. The van der Waals surface area contributed by atoms with Crippen molar-refractivity contribution in [1.82, 2.24) is 19.8 Å². The van der Waals surface area contributed by atoms with Crippen LogP contribution in [0.1, 0.15) is 31.4 Å². The summed E-state index contributed by atoms with van der Waals surface area (Å²) in [7, 11) is 0. The van der Waals surface area contributed by atoms with Crippen molar-refractivity contribution in [2.75, 3.05) is 44.3 Å². The molecule has 2 aliphatic heterocycles. The number of piperidine rings is 1. The Balaban J connectivity index is 1.39. The maximum Gasteiger partial charge on any atom is 0.320 e. The Kier molecular flexibility index (Phi) is 4.74. The molecule has 136 valence electrons. The first-order valence-electron chi connectivity index (χ1n) is 9.41. The molecule has 7 nitrogen and oxygen atoms in total. The molecular formula is C18H27N5O2. The van der Waals surface area contributed by atoms with Gasteiger partial charge in [0.05, 0.1) is 13.2 Å². The number of anilines is 1. The van der Waals surface area contributed by atoms with Crippen LogP contribution in [-0.2, 0) is 4.74 Å². The number of likely N-dealkylation sites (tertiary alicyclic amines) is 1.